The normalized spacial score (nSPS) is 29.8. The Bertz CT molecular complexity index is 1380. The van der Waals surface area contributed by atoms with Crippen LogP contribution in [0.3, 0.4) is 0 Å². The lowest BCUT2D eigenvalue weighted by atomic mass is 9.72. The van der Waals surface area contributed by atoms with E-state index in [1.54, 1.807) is 6.92 Å². The molecule has 12 heteroatoms. The first-order valence-electron chi connectivity index (χ1n) is 12.4. The number of rotatable bonds is 5. The van der Waals surface area contributed by atoms with Gasteiger partial charge in [0.1, 0.15) is 29.5 Å². The third-order valence-electron chi connectivity index (χ3n) is 7.81. The Balaban J connectivity index is 1.69. The predicted octanol–water partition coefficient (Wildman–Crippen LogP) is 0.00130. The number of carbonyl (C=O) groups is 3. The van der Waals surface area contributed by atoms with E-state index in [0.717, 1.165) is 0 Å². The molecule has 1 saturated heterocycles. The fourth-order valence-corrected chi connectivity index (χ4v) is 5.75. The first-order valence-corrected chi connectivity index (χ1v) is 12.4. The number of nitrogens with two attached hydrogens (primary N) is 1. The maximum atomic E-state index is 13.6. The number of fused-ring (bicyclic) bond motifs is 3. The van der Waals surface area contributed by atoms with Crippen molar-refractivity contribution in [2.24, 2.45) is 5.73 Å². The molecule has 5 rings (SSSR count). The van der Waals surface area contributed by atoms with E-state index in [0.29, 0.717) is 0 Å². The van der Waals surface area contributed by atoms with E-state index < -0.39 is 95.7 Å². The Morgan fingerprint density at radius 2 is 1.85 bits per heavy atom. The van der Waals surface area contributed by atoms with Gasteiger partial charge in [-0.25, -0.2) is 0 Å². The highest BCUT2D eigenvalue weighted by Gasteiger charge is 2.50. The second kappa shape index (κ2) is 9.66. The molecular formula is C27H29NO11. The van der Waals surface area contributed by atoms with Crippen LogP contribution in [0.25, 0.3) is 0 Å². The van der Waals surface area contributed by atoms with Crippen molar-refractivity contribution in [1.29, 1.82) is 0 Å². The van der Waals surface area contributed by atoms with Crippen molar-refractivity contribution in [1.82, 2.24) is 0 Å². The number of aromatic hydroxyl groups is 2. The first kappa shape index (κ1) is 27.2. The molecule has 2 aromatic rings. The van der Waals surface area contributed by atoms with Gasteiger partial charge in [-0.05, 0) is 13.0 Å². The molecule has 0 saturated carbocycles. The zero-order valence-corrected chi connectivity index (χ0v) is 21.2. The highest BCUT2D eigenvalue weighted by Crippen LogP contribution is 2.52. The van der Waals surface area contributed by atoms with Gasteiger partial charge in [0.15, 0.2) is 17.9 Å². The first-order chi connectivity index (χ1) is 18.4. The van der Waals surface area contributed by atoms with E-state index in [9.17, 15) is 39.9 Å². The summed E-state index contributed by atoms with van der Waals surface area (Å²) in [6.45, 7) is 0.560. The second-order valence-electron chi connectivity index (χ2n) is 10.2. The molecule has 7 N–H and O–H groups in total. The Kier molecular flexibility index (Phi) is 6.74. The predicted molar refractivity (Wildman–Crippen MR) is 132 cm³/mol. The molecule has 1 fully saturated rings. The molecule has 0 bridgehead atoms. The molecule has 0 spiro atoms. The van der Waals surface area contributed by atoms with Crippen LogP contribution in [0.5, 0.6) is 17.2 Å². The number of Topliss-reactive ketones (excluding diaryl/α,β-unsaturated/α-hetero) is 1. The summed E-state index contributed by atoms with van der Waals surface area (Å²) in [5.74, 6) is -3.77. The third-order valence-corrected chi connectivity index (χ3v) is 7.81. The number of hydrogen-bond donors (Lipinski definition) is 6. The summed E-state index contributed by atoms with van der Waals surface area (Å²) in [7, 11) is 1.32. The van der Waals surface area contributed by atoms with Crippen LogP contribution in [-0.4, -0.2) is 86.7 Å². The van der Waals surface area contributed by atoms with Crippen LogP contribution in [0.15, 0.2) is 18.2 Å². The Hall–Kier alpha value is -3.39. The molecule has 2 aromatic carbocycles. The molecule has 12 nitrogen and oxygen atoms in total. The van der Waals surface area contributed by atoms with Crippen LogP contribution in [0.1, 0.15) is 68.8 Å². The van der Waals surface area contributed by atoms with E-state index in [1.165, 1.54) is 25.3 Å². The third kappa shape index (κ3) is 4.11. The molecule has 1 heterocycles. The van der Waals surface area contributed by atoms with Gasteiger partial charge in [-0.1, -0.05) is 12.1 Å². The standard InChI is InChI=1S/C27H29NO11/c1-10-22(31)13(28)6-17(38-10)39-15-8-27(36,16(30)9-29)7-12-19(15)26(35)21-20(24(12)33)23(32)11-4-3-5-14(37-2)18(11)25(21)34/h3-5,10,13,15,17,22,29,31,33,35-36H,6-9,28H2,1-2H3/t10-,13+,15+,17?,22-,27+/m1/s1. The average Bonchev–Trinajstić information content (AvgIpc) is 2.90. The van der Waals surface area contributed by atoms with Gasteiger partial charge in [-0.3, -0.25) is 14.4 Å². The number of benzene rings is 2. The van der Waals surface area contributed by atoms with Crippen LogP contribution >= 0.6 is 0 Å². The minimum atomic E-state index is -2.24. The highest BCUT2D eigenvalue weighted by molar-refractivity contribution is 6.31. The lowest BCUT2D eigenvalue weighted by molar-refractivity contribution is -0.247. The number of aliphatic hydroxyl groups excluding tert-OH is 2. The van der Waals surface area contributed by atoms with Crippen LogP contribution < -0.4 is 10.5 Å². The van der Waals surface area contributed by atoms with Gasteiger partial charge < -0.3 is 45.5 Å². The van der Waals surface area contributed by atoms with Crippen molar-refractivity contribution in [2.45, 2.75) is 62.4 Å². The number of phenols is 2. The van der Waals surface area contributed by atoms with E-state index in [1.807, 2.05) is 0 Å². The fourth-order valence-electron chi connectivity index (χ4n) is 5.75. The van der Waals surface area contributed by atoms with Crippen molar-refractivity contribution in [3.63, 3.8) is 0 Å². The zero-order chi connectivity index (χ0) is 28.4. The number of ether oxygens (including phenoxy) is 3. The number of hydrogen-bond acceptors (Lipinski definition) is 12. The van der Waals surface area contributed by atoms with Gasteiger partial charge >= 0.3 is 0 Å². The number of ketones is 3. The molecule has 0 amide bonds. The molecule has 2 aliphatic carbocycles. The minimum Gasteiger partial charge on any atom is -0.507 e. The molecule has 3 aliphatic rings. The van der Waals surface area contributed by atoms with Gasteiger partial charge in [0.25, 0.3) is 0 Å². The lowest BCUT2D eigenvalue weighted by Gasteiger charge is -2.42. The molecular weight excluding hydrogens is 514 g/mol. The summed E-state index contributed by atoms with van der Waals surface area (Å²) >= 11 is 0. The largest absolute Gasteiger partial charge is 0.507 e. The molecule has 1 unspecified atom stereocenters. The van der Waals surface area contributed by atoms with E-state index in [-0.39, 0.29) is 34.4 Å². The van der Waals surface area contributed by atoms with E-state index in [2.05, 4.69) is 0 Å². The van der Waals surface area contributed by atoms with Crippen molar-refractivity contribution in [2.75, 3.05) is 13.7 Å². The number of phenolic OH excluding ortho intramolecular Hbond substituents is 2. The maximum Gasteiger partial charge on any atom is 0.202 e. The lowest BCUT2D eigenvalue weighted by Crippen LogP contribution is -2.53. The monoisotopic (exact) mass is 543 g/mol. The summed E-state index contributed by atoms with van der Waals surface area (Å²) in [5, 5.41) is 53.7. The Labute approximate surface area is 222 Å². The van der Waals surface area contributed by atoms with Gasteiger partial charge in [0, 0.05) is 42.0 Å². The summed E-state index contributed by atoms with van der Waals surface area (Å²) in [6, 6.07) is 3.64. The topological polar surface area (TPSA) is 206 Å². The second-order valence-corrected chi connectivity index (χ2v) is 10.2. The average molecular weight is 544 g/mol. The van der Waals surface area contributed by atoms with Gasteiger partial charge in [-0.2, -0.15) is 0 Å². The van der Waals surface area contributed by atoms with Gasteiger partial charge in [0.2, 0.25) is 5.78 Å². The van der Waals surface area contributed by atoms with Crippen molar-refractivity contribution in [3.05, 3.63) is 51.6 Å². The van der Waals surface area contributed by atoms with E-state index in [4.69, 9.17) is 19.9 Å². The number of methoxy groups -OCH3 is 1. The quantitative estimate of drug-likeness (QED) is 0.235. The van der Waals surface area contributed by atoms with E-state index >= 15 is 0 Å². The molecule has 1 aliphatic heterocycles. The smallest absolute Gasteiger partial charge is 0.202 e. The van der Waals surface area contributed by atoms with Crippen molar-refractivity contribution >= 4 is 17.3 Å². The Morgan fingerprint density at radius 1 is 1.15 bits per heavy atom. The maximum absolute atomic E-state index is 13.6. The molecule has 6 atom stereocenters. The number of carbonyl (C=O) groups excluding carboxylic acids is 3. The zero-order valence-electron chi connectivity index (χ0n) is 21.2. The number of aliphatic hydroxyl groups is 3. The molecule has 0 aromatic heterocycles. The highest BCUT2D eigenvalue weighted by atomic mass is 16.7. The molecule has 208 valence electrons. The van der Waals surface area contributed by atoms with Crippen molar-refractivity contribution < 1.29 is 54.1 Å². The van der Waals surface area contributed by atoms with Crippen molar-refractivity contribution in [3.8, 4) is 17.2 Å². The van der Waals surface area contributed by atoms with Crippen LogP contribution in [0, 0.1) is 0 Å². The summed E-state index contributed by atoms with van der Waals surface area (Å²) in [6.07, 6.45) is -5.12. The summed E-state index contributed by atoms with van der Waals surface area (Å²) < 4.78 is 17.0. The van der Waals surface area contributed by atoms with Crippen LogP contribution in [0.4, 0.5) is 0 Å². The SMILES string of the molecule is COc1cccc2c1C(=O)c1c(O)c3c(c(O)c1C2=O)C[C@@](O)(C(=O)CO)C[C@@H]3OC1C[C@H](N)[C@H](O)[C@@H](C)O1. The fraction of sp³-hybridized carbons (Fsp3) is 0.444. The molecule has 39 heavy (non-hydrogen) atoms. The van der Waals surface area contributed by atoms with Crippen LogP contribution in [-0.2, 0) is 20.7 Å². The summed E-state index contributed by atoms with van der Waals surface area (Å²) in [4.78, 5) is 39.7. The molecule has 0 radical (unpaired) electrons. The minimum absolute atomic E-state index is 0.0173. The Morgan fingerprint density at radius 3 is 2.49 bits per heavy atom. The summed E-state index contributed by atoms with van der Waals surface area (Å²) in [5.41, 5.74) is 2.37. The van der Waals surface area contributed by atoms with Crippen LogP contribution in [0.2, 0.25) is 0 Å². The van der Waals surface area contributed by atoms with Gasteiger partial charge in [-0.15, -0.1) is 0 Å². The van der Waals surface area contributed by atoms with Gasteiger partial charge in [0.05, 0.1) is 42.1 Å².